The smallest absolute Gasteiger partial charge is 0.371 e. The van der Waals surface area contributed by atoms with E-state index in [1.165, 1.54) is 6.07 Å². The average Bonchev–Trinajstić information content (AvgIpc) is 2.68. The Kier molecular flexibility index (Phi) is 2.51. The van der Waals surface area contributed by atoms with E-state index in [4.69, 9.17) is 9.52 Å². The maximum atomic E-state index is 10.6. The molecule has 5 nitrogen and oxygen atoms in total. The molecule has 0 aliphatic carbocycles. The van der Waals surface area contributed by atoms with E-state index in [1.54, 1.807) is 6.07 Å². The van der Waals surface area contributed by atoms with Crippen molar-refractivity contribution in [3.05, 3.63) is 23.7 Å². The van der Waals surface area contributed by atoms with Crippen LogP contribution in [0.15, 0.2) is 16.5 Å². The molecule has 2 rings (SSSR count). The Morgan fingerprint density at radius 1 is 1.50 bits per heavy atom. The first-order valence-corrected chi connectivity index (χ1v) is 4.54. The number of furan rings is 1. The maximum Gasteiger partial charge on any atom is 0.371 e. The fourth-order valence-electron chi connectivity index (χ4n) is 1.51. The molecule has 0 aromatic carbocycles. The summed E-state index contributed by atoms with van der Waals surface area (Å²) in [5.41, 5.74) is 0. The summed E-state index contributed by atoms with van der Waals surface area (Å²) in [7, 11) is 0. The lowest BCUT2D eigenvalue weighted by molar-refractivity contribution is 0.0659. The van der Waals surface area contributed by atoms with Gasteiger partial charge >= 0.3 is 5.97 Å². The van der Waals surface area contributed by atoms with Gasteiger partial charge in [0, 0.05) is 19.6 Å². The number of hydrogen-bond donors (Lipinski definition) is 3. The van der Waals surface area contributed by atoms with Crippen LogP contribution in [0.3, 0.4) is 0 Å². The van der Waals surface area contributed by atoms with Crippen LogP contribution >= 0.6 is 0 Å². The van der Waals surface area contributed by atoms with Gasteiger partial charge in [0.1, 0.15) is 5.76 Å². The second kappa shape index (κ2) is 3.81. The summed E-state index contributed by atoms with van der Waals surface area (Å²) < 4.78 is 5.18. The molecular formula is C9H12N2O3. The van der Waals surface area contributed by atoms with Crippen LogP contribution in [0.25, 0.3) is 0 Å². The number of nitrogens with one attached hydrogen (secondary N) is 2. The van der Waals surface area contributed by atoms with Crippen LogP contribution in [0, 0.1) is 0 Å². The zero-order chi connectivity index (χ0) is 9.97. The Morgan fingerprint density at radius 2 is 2.36 bits per heavy atom. The van der Waals surface area contributed by atoms with Crippen molar-refractivity contribution < 1.29 is 14.3 Å². The molecule has 1 aromatic rings. The lowest BCUT2D eigenvalue weighted by atomic mass is 10.2. The normalized spacial score (nSPS) is 22.1. The standard InChI is InChI=1S/C9H12N2O3/c12-9(13)8-2-1-7(14-8)6-5-10-3-4-11-6/h1-2,6,10-11H,3-5H2,(H,12,13)/t6-/m0/s1. The summed E-state index contributed by atoms with van der Waals surface area (Å²) >= 11 is 0. The molecular weight excluding hydrogens is 184 g/mol. The van der Waals surface area contributed by atoms with E-state index in [0.29, 0.717) is 5.76 Å². The molecule has 1 aromatic heterocycles. The molecule has 0 saturated carbocycles. The van der Waals surface area contributed by atoms with Crippen LogP contribution in [0.5, 0.6) is 0 Å². The fraction of sp³-hybridized carbons (Fsp3) is 0.444. The predicted octanol–water partition coefficient (Wildman–Crippen LogP) is 0.212. The number of carbonyl (C=O) groups is 1. The lowest BCUT2D eigenvalue weighted by Crippen LogP contribution is -2.42. The number of aromatic carboxylic acids is 1. The van der Waals surface area contributed by atoms with Crippen LogP contribution in [0.4, 0.5) is 0 Å². The molecule has 14 heavy (non-hydrogen) atoms. The first-order chi connectivity index (χ1) is 6.77. The van der Waals surface area contributed by atoms with E-state index in [2.05, 4.69) is 10.6 Å². The minimum absolute atomic E-state index is 0.00706. The molecule has 0 bridgehead atoms. The Bertz CT molecular complexity index is 329. The molecule has 0 amide bonds. The third-order valence-corrected chi connectivity index (χ3v) is 2.22. The highest BCUT2D eigenvalue weighted by Gasteiger charge is 2.19. The van der Waals surface area contributed by atoms with Crippen molar-refractivity contribution >= 4 is 5.97 Å². The largest absolute Gasteiger partial charge is 0.475 e. The highest BCUT2D eigenvalue weighted by atomic mass is 16.4. The zero-order valence-corrected chi connectivity index (χ0v) is 7.62. The Balaban J connectivity index is 2.11. The first-order valence-electron chi connectivity index (χ1n) is 4.54. The number of hydrogen-bond acceptors (Lipinski definition) is 4. The molecule has 2 heterocycles. The van der Waals surface area contributed by atoms with Gasteiger partial charge in [0.15, 0.2) is 0 Å². The van der Waals surface area contributed by atoms with Crippen molar-refractivity contribution in [2.75, 3.05) is 19.6 Å². The predicted molar refractivity (Wildman–Crippen MR) is 49.3 cm³/mol. The molecule has 1 fully saturated rings. The Morgan fingerprint density at radius 3 is 2.93 bits per heavy atom. The van der Waals surface area contributed by atoms with Gasteiger partial charge in [-0.3, -0.25) is 0 Å². The van der Waals surface area contributed by atoms with Crippen molar-refractivity contribution in [2.45, 2.75) is 6.04 Å². The molecule has 3 N–H and O–H groups in total. The van der Waals surface area contributed by atoms with Gasteiger partial charge in [0.2, 0.25) is 5.76 Å². The van der Waals surface area contributed by atoms with Gasteiger partial charge in [0.25, 0.3) is 0 Å². The summed E-state index contributed by atoms with van der Waals surface area (Å²) in [6, 6.07) is 3.26. The van der Waals surface area contributed by atoms with Crippen LogP contribution in [-0.2, 0) is 0 Å². The van der Waals surface area contributed by atoms with Gasteiger partial charge in [-0.1, -0.05) is 0 Å². The number of carboxylic acid groups (broad SMARTS) is 1. The highest BCUT2D eigenvalue weighted by molar-refractivity contribution is 5.84. The Labute approximate surface area is 81.1 Å². The minimum atomic E-state index is -1.03. The van der Waals surface area contributed by atoms with E-state index in [1.807, 2.05) is 0 Å². The summed E-state index contributed by atoms with van der Waals surface area (Å²) in [4.78, 5) is 10.6. The van der Waals surface area contributed by atoms with Gasteiger partial charge < -0.3 is 20.2 Å². The maximum absolute atomic E-state index is 10.6. The molecule has 1 aliphatic rings. The van der Waals surface area contributed by atoms with E-state index in [-0.39, 0.29) is 11.8 Å². The van der Waals surface area contributed by atoms with Crippen molar-refractivity contribution in [1.29, 1.82) is 0 Å². The zero-order valence-electron chi connectivity index (χ0n) is 7.62. The number of rotatable bonds is 2. The molecule has 5 heteroatoms. The molecule has 1 saturated heterocycles. The third kappa shape index (κ3) is 1.78. The van der Waals surface area contributed by atoms with Crippen LogP contribution < -0.4 is 10.6 Å². The number of carboxylic acids is 1. The second-order valence-electron chi connectivity index (χ2n) is 3.22. The SMILES string of the molecule is O=C(O)c1ccc([C@@H]2CNCCN2)o1. The Hall–Kier alpha value is -1.33. The minimum Gasteiger partial charge on any atom is -0.475 e. The summed E-state index contributed by atoms with van der Waals surface area (Å²) in [5, 5.41) is 15.1. The molecule has 0 spiro atoms. The van der Waals surface area contributed by atoms with Crippen molar-refractivity contribution in [1.82, 2.24) is 10.6 Å². The topological polar surface area (TPSA) is 74.5 Å². The van der Waals surface area contributed by atoms with E-state index < -0.39 is 5.97 Å². The monoisotopic (exact) mass is 196 g/mol. The van der Waals surface area contributed by atoms with E-state index in [0.717, 1.165) is 19.6 Å². The van der Waals surface area contributed by atoms with Crippen molar-refractivity contribution in [3.63, 3.8) is 0 Å². The second-order valence-corrected chi connectivity index (χ2v) is 3.22. The average molecular weight is 196 g/mol. The van der Waals surface area contributed by atoms with Crippen molar-refractivity contribution in [2.24, 2.45) is 0 Å². The molecule has 76 valence electrons. The summed E-state index contributed by atoms with van der Waals surface area (Å²) in [6.45, 7) is 2.57. The van der Waals surface area contributed by atoms with Crippen molar-refractivity contribution in [3.8, 4) is 0 Å². The number of piperazine rings is 1. The van der Waals surface area contributed by atoms with Gasteiger partial charge in [-0.2, -0.15) is 0 Å². The molecule has 1 atom stereocenters. The molecule has 1 aliphatic heterocycles. The molecule has 0 radical (unpaired) electrons. The van der Waals surface area contributed by atoms with Crippen LogP contribution in [0.1, 0.15) is 22.4 Å². The van der Waals surface area contributed by atoms with Crippen LogP contribution in [0.2, 0.25) is 0 Å². The lowest BCUT2D eigenvalue weighted by Gasteiger charge is -2.22. The van der Waals surface area contributed by atoms with Crippen LogP contribution in [-0.4, -0.2) is 30.7 Å². The van der Waals surface area contributed by atoms with E-state index in [9.17, 15) is 4.79 Å². The summed E-state index contributed by atoms with van der Waals surface area (Å²) in [5.74, 6) is -0.359. The fourth-order valence-corrected chi connectivity index (χ4v) is 1.51. The molecule has 0 unspecified atom stereocenters. The summed E-state index contributed by atoms with van der Waals surface area (Å²) in [6.07, 6.45) is 0. The quantitative estimate of drug-likeness (QED) is 0.630. The van der Waals surface area contributed by atoms with Gasteiger partial charge in [-0.15, -0.1) is 0 Å². The third-order valence-electron chi connectivity index (χ3n) is 2.22. The first kappa shape index (κ1) is 9.23. The highest BCUT2D eigenvalue weighted by Crippen LogP contribution is 2.17. The van der Waals surface area contributed by atoms with Gasteiger partial charge in [-0.05, 0) is 12.1 Å². The van der Waals surface area contributed by atoms with Gasteiger partial charge in [-0.25, -0.2) is 4.79 Å². The van der Waals surface area contributed by atoms with Gasteiger partial charge in [0.05, 0.1) is 6.04 Å². The van der Waals surface area contributed by atoms with E-state index >= 15 is 0 Å².